The average Bonchev–Trinajstić information content (AvgIpc) is 3.41. The summed E-state index contributed by atoms with van der Waals surface area (Å²) in [4.78, 5) is 21.3. The molecular weight excluding hydrogens is 358 g/mol. The van der Waals surface area contributed by atoms with Gasteiger partial charge in [0.25, 0.3) is 5.91 Å². The number of amides is 1. The quantitative estimate of drug-likeness (QED) is 0.553. The summed E-state index contributed by atoms with van der Waals surface area (Å²) in [6.07, 6.45) is 11.5. The first-order valence-corrected chi connectivity index (χ1v) is 9.04. The van der Waals surface area contributed by atoms with Gasteiger partial charge in [-0.2, -0.15) is 10.2 Å². The van der Waals surface area contributed by atoms with Crippen molar-refractivity contribution in [1.29, 1.82) is 0 Å². The lowest BCUT2D eigenvalue weighted by Gasteiger charge is -2.25. The molecule has 0 radical (unpaired) electrons. The van der Waals surface area contributed by atoms with Crippen molar-refractivity contribution < 1.29 is 9.21 Å². The second-order valence-corrected chi connectivity index (χ2v) is 6.65. The Labute approximate surface area is 159 Å². The minimum absolute atomic E-state index is 0.180. The Bertz CT molecular complexity index is 1090. The number of aromatic nitrogens is 6. The van der Waals surface area contributed by atoms with E-state index in [0.29, 0.717) is 34.6 Å². The molecule has 140 valence electrons. The third-order valence-electron chi connectivity index (χ3n) is 4.82. The Morgan fingerprint density at radius 3 is 2.96 bits per heavy atom. The monoisotopic (exact) mass is 375 g/mol. The van der Waals surface area contributed by atoms with Gasteiger partial charge in [0.2, 0.25) is 5.89 Å². The van der Waals surface area contributed by atoms with Crippen LogP contribution in [0.15, 0.2) is 53.7 Å². The predicted octanol–water partition coefficient (Wildman–Crippen LogP) is 3.30. The van der Waals surface area contributed by atoms with Crippen LogP contribution in [-0.2, 0) is 0 Å². The normalized spacial score (nSPS) is 14.0. The number of nitrogens with zero attached hydrogens (tertiary/aromatic N) is 5. The molecule has 0 aliphatic heterocycles. The summed E-state index contributed by atoms with van der Waals surface area (Å²) in [5, 5.41) is 14.1. The number of aromatic amines is 1. The van der Waals surface area contributed by atoms with E-state index in [1.54, 1.807) is 18.6 Å². The molecule has 9 heteroatoms. The summed E-state index contributed by atoms with van der Waals surface area (Å²) in [5.41, 5.74) is 2.79. The third-order valence-corrected chi connectivity index (χ3v) is 4.82. The molecule has 2 N–H and O–H groups in total. The molecule has 4 aromatic rings. The molecular formula is C19H17N7O2. The van der Waals surface area contributed by atoms with Gasteiger partial charge < -0.3 is 9.73 Å². The van der Waals surface area contributed by atoms with E-state index in [0.717, 1.165) is 12.8 Å². The van der Waals surface area contributed by atoms with Crippen LogP contribution in [-0.4, -0.2) is 35.9 Å². The van der Waals surface area contributed by atoms with Gasteiger partial charge in [-0.25, -0.2) is 4.98 Å². The van der Waals surface area contributed by atoms with Crippen LogP contribution in [0.5, 0.6) is 0 Å². The van der Waals surface area contributed by atoms with Gasteiger partial charge in [-0.05, 0) is 31.4 Å². The van der Waals surface area contributed by atoms with E-state index in [1.807, 2.05) is 29.1 Å². The minimum Gasteiger partial charge on any atom is -0.444 e. The summed E-state index contributed by atoms with van der Waals surface area (Å²) in [6, 6.07) is 5.98. The number of hydrogen-bond donors (Lipinski definition) is 2. The Hall–Kier alpha value is -3.75. The fraction of sp³-hybridized carbons (Fsp3) is 0.211. The van der Waals surface area contributed by atoms with Gasteiger partial charge in [0.05, 0.1) is 29.2 Å². The van der Waals surface area contributed by atoms with Gasteiger partial charge in [0, 0.05) is 18.6 Å². The molecule has 5 rings (SSSR count). The molecule has 0 atom stereocenters. The van der Waals surface area contributed by atoms with Crippen molar-refractivity contribution in [2.45, 2.75) is 25.3 Å². The highest BCUT2D eigenvalue weighted by atomic mass is 16.3. The Morgan fingerprint density at radius 2 is 2.25 bits per heavy atom. The SMILES string of the molecule is O=C(Nc1cn(C2CCC2)nc1-c1ccccn1)c1coc(-c2cn[nH]c2)n1. The standard InChI is InChI=1S/C19H17N7O2/c27-18(16-11-28-19(24-16)12-8-21-22-9-12)23-15-10-26(13-4-3-5-13)25-17(15)14-6-1-2-7-20-14/h1-2,6-11,13H,3-5H2,(H,21,22)(H,23,27). The van der Waals surface area contributed by atoms with Crippen LogP contribution in [0.2, 0.25) is 0 Å². The summed E-state index contributed by atoms with van der Waals surface area (Å²) in [6.45, 7) is 0. The molecule has 0 unspecified atom stereocenters. The van der Waals surface area contributed by atoms with E-state index in [1.165, 1.54) is 12.7 Å². The molecule has 1 aliphatic rings. The molecule has 9 nitrogen and oxygen atoms in total. The van der Waals surface area contributed by atoms with Crippen molar-refractivity contribution in [1.82, 2.24) is 29.9 Å². The molecule has 0 spiro atoms. The summed E-state index contributed by atoms with van der Waals surface area (Å²) < 4.78 is 7.31. The first kappa shape index (κ1) is 16.4. The topological polar surface area (TPSA) is 115 Å². The molecule has 0 saturated heterocycles. The Balaban J connectivity index is 1.44. The summed E-state index contributed by atoms with van der Waals surface area (Å²) >= 11 is 0. The molecule has 1 fully saturated rings. The molecule has 1 amide bonds. The first-order valence-electron chi connectivity index (χ1n) is 9.04. The van der Waals surface area contributed by atoms with Crippen LogP contribution in [0.1, 0.15) is 35.8 Å². The van der Waals surface area contributed by atoms with Gasteiger partial charge in [0.15, 0.2) is 5.69 Å². The fourth-order valence-corrected chi connectivity index (χ4v) is 3.08. The van der Waals surface area contributed by atoms with Crippen LogP contribution >= 0.6 is 0 Å². The van der Waals surface area contributed by atoms with Crippen molar-refractivity contribution in [3.8, 4) is 22.8 Å². The van der Waals surface area contributed by atoms with Crippen LogP contribution in [0.3, 0.4) is 0 Å². The van der Waals surface area contributed by atoms with E-state index in [-0.39, 0.29) is 11.6 Å². The minimum atomic E-state index is -0.371. The highest BCUT2D eigenvalue weighted by molar-refractivity contribution is 6.04. The van der Waals surface area contributed by atoms with Crippen molar-refractivity contribution in [3.63, 3.8) is 0 Å². The third kappa shape index (κ3) is 2.96. The van der Waals surface area contributed by atoms with Gasteiger partial charge >= 0.3 is 0 Å². The van der Waals surface area contributed by atoms with Gasteiger partial charge in [-0.3, -0.25) is 19.6 Å². The predicted molar refractivity (Wildman–Crippen MR) is 100 cm³/mol. The number of pyridine rings is 1. The Kier molecular flexibility index (Phi) is 3.97. The number of hydrogen-bond acceptors (Lipinski definition) is 6. The lowest BCUT2D eigenvalue weighted by atomic mass is 9.93. The van der Waals surface area contributed by atoms with Crippen LogP contribution in [0.4, 0.5) is 5.69 Å². The number of anilines is 1. The molecule has 28 heavy (non-hydrogen) atoms. The zero-order valence-electron chi connectivity index (χ0n) is 14.9. The zero-order valence-corrected chi connectivity index (χ0v) is 14.9. The zero-order chi connectivity index (χ0) is 18.9. The summed E-state index contributed by atoms with van der Waals surface area (Å²) in [5.74, 6) is -0.0437. The lowest BCUT2D eigenvalue weighted by molar-refractivity contribution is 0.102. The molecule has 0 aromatic carbocycles. The maximum absolute atomic E-state index is 12.7. The van der Waals surface area contributed by atoms with E-state index < -0.39 is 0 Å². The second kappa shape index (κ2) is 6.76. The van der Waals surface area contributed by atoms with E-state index in [9.17, 15) is 4.79 Å². The maximum Gasteiger partial charge on any atom is 0.277 e. The average molecular weight is 375 g/mol. The van der Waals surface area contributed by atoms with Crippen LogP contribution in [0.25, 0.3) is 22.8 Å². The van der Waals surface area contributed by atoms with E-state index >= 15 is 0 Å². The van der Waals surface area contributed by atoms with Crippen molar-refractivity contribution in [2.24, 2.45) is 0 Å². The Morgan fingerprint density at radius 1 is 1.32 bits per heavy atom. The number of oxazole rings is 1. The highest BCUT2D eigenvalue weighted by Crippen LogP contribution is 2.34. The number of H-pyrrole nitrogens is 1. The van der Waals surface area contributed by atoms with Crippen molar-refractivity contribution in [2.75, 3.05) is 5.32 Å². The highest BCUT2D eigenvalue weighted by Gasteiger charge is 2.24. The largest absolute Gasteiger partial charge is 0.444 e. The smallest absolute Gasteiger partial charge is 0.277 e. The first-order chi connectivity index (χ1) is 13.8. The summed E-state index contributed by atoms with van der Waals surface area (Å²) in [7, 11) is 0. The second-order valence-electron chi connectivity index (χ2n) is 6.65. The van der Waals surface area contributed by atoms with Crippen molar-refractivity contribution >= 4 is 11.6 Å². The number of carbonyl (C=O) groups excluding carboxylic acids is 1. The van der Waals surface area contributed by atoms with Crippen LogP contribution in [0, 0.1) is 0 Å². The van der Waals surface area contributed by atoms with Gasteiger partial charge in [-0.15, -0.1) is 0 Å². The molecule has 1 aliphatic carbocycles. The molecule has 1 saturated carbocycles. The fourth-order valence-electron chi connectivity index (χ4n) is 3.08. The maximum atomic E-state index is 12.7. The lowest BCUT2D eigenvalue weighted by Crippen LogP contribution is -2.17. The molecule has 0 bridgehead atoms. The van der Waals surface area contributed by atoms with Gasteiger partial charge in [-0.1, -0.05) is 6.07 Å². The number of nitrogens with one attached hydrogen (secondary N) is 2. The van der Waals surface area contributed by atoms with E-state index in [4.69, 9.17) is 4.42 Å². The molecule has 4 aromatic heterocycles. The number of carbonyl (C=O) groups is 1. The molecule has 4 heterocycles. The van der Waals surface area contributed by atoms with E-state index in [2.05, 4.69) is 30.6 Å². The van der Waals surface area contributed by atoms with Crippen LogP contribution < -0.4 is 5.32 Å². The number of rotatable bonds is 5. The van der Waals surface area contributed by atoms with Crippen molar-refractivity contribution in [3.05, 3.63) is 54.9 Å². The van der Waals surface area contributed by atoms with Gasteiger partial charge in [0.1, 0.15) is 12.0 Å².